The lowest BCUT2D eigenvalue weighted by Gasteiger charge is -2.32. The molecular formula is C13H19N3O2. The van der Waals surface area contributed by atoms with E-state index in [4.69, 9.17) is 5.11 Å². The minimum atomic E-state index is -0.984. The van der Waals surface area contributed by atoms with E-state index in [9.17, 15) is 4.79 Å². The summed E-state index contributed by atoms with van der Waals surface area (Å²) in [5, 5.41) is 12.4. The molecule has 0 aromatic carbocycles. The van der Waals surface area contributed by atoms with Crippen molar-refractivity contribution in [1.82, 2.24) is 9.97 Å². The fourth-order valence-corrected chi connectivity index (χ4v) is 2.66. The number of hydrogen-bond donors (Lipinski definition) is 2. The van der Waals surface area contributed by atoms with Crippen LogP contribution in [0.15, 0.2) is 12.5 Å². The molecule has 18 heavy (non-hydrogen) atoms. The molecule has 0 spiro atoms. The normalized spacial score (nSPS) is 23.6. The molecule has 1 aliphatic rings. The number of aromatic carboxylic acids is 1. The number of carboxylic acid groups (broad SMARTS) is 1. The average molecular weight is 249 g/mol. The molecule has 0 radical (unpaired) electrons. The van der Waals surface area contributed by atoms with Gasteiger partial charge in [0.25, 0.3) is 0 Å². The molecule has 2 atom stereocenters. The molecule has 0 saturated heterocycles. The summed E-state index contributed by atoms with van der Waals surface area (Å²) in [6.45, 7) is 2.18. The first-order valence-electron chi connectivity index (χ1n) is 6.52. The molecule has 1 fully saturated rings. The molecule has 1 aromatic heterocycles. The van der Waals surface area contributed by atoms with Gasteiger partial charge in [0.2, 0.25) is 0 Å². The summed E-state index contributed by atoms with van der Waals surface area (Å²) in [7, 11) is 0. The Bertz CT molecular complexity index is 422. The molecule has 1 saturated carbocycles. The Morgan fingerprint density at radius 2 is 2.28 bits per heavy atom. The van der Waals surface area contributed by atoms with Crippen molar-refractivity contribution >= 4 is 11.8 Å². The number of carboxylic acids is 1. The van der Waals surface area contributed by atoms with Crippen LogP contribution < -0.4 is 5.32 Å². The molecule has 0 bridgehead atoms. The van der Waals surface area contributed by atoms with Crippen LogP contribution in [0.5, 0.6) is 0 Å². The van der Waals surface area contributed by atoms with Crippen molar-refractivity contribution in [3.63, 3.8) is 0 Å². The second-order valence-corrected chi connectivity index (χ2v) is 4.79. The van der Waals surface area contributed by atoms with Gasteiger partial charge in [-0.05, 0) is 18.8 Å². The molecule has 2 rings (SSSR count). The number of nitrogens with zero attached hydrogens (tertiary/aromatic N) is 2. The van der Waals surface area contributed by atoms with E-state index in [1.165, 1.54) is 31.8 Å². The van der Waals surface area contributed by atoms with Gasteiger partial charge in [0.05, 0.1) is 0 Å². The summed E-state index contributed by atoms with van der Waals surface area (Å²) in [4.78, 5) is 18.9. The van der Waals surface area contributed by atoms with Crippen molar-refractivity contribution < 1.29 is 9.90 Å². The summed E-state index contributed by atoms with van der Waals surface area (Å²) < 4.78 is 0. The van der Waals surface area contributed by atoms with Gasteiger partial charge in [-0.25, -0.2) is 14.8 Å². The maximum absolute atomic E-state index is 11.1. The van der Waals surface area contributed by atoms with E-state index < -0.39 is 5.97 Å². The van der Waals surface area contributed by atoms with E-state index in [-0.39, 0.29) is 5.56 Å². The first kappa shape index (κ1) is 12.8. The highest BCUT2D eigenvalue weighted by molar-refractivity contribution is 5.92. The highest BCUT2D eigenvalue weighted by Crippen LogP contribution is 2.29. The summed E-state index contributed by atoms with van der Waals surface area (Å²) in [5.74, 6) is 0.0696. The Labute approximate surface area is 107 Å². The van der Waals surface area contributed by atoms with Gasteiger partial charge in [-0.2, -0.15) is 0 Å². The van der Waals surface area contributed by atoms with Crippen LogP contribution in [0.3, 0.4) is 0 Å². The Morgan fingerprint density at radius 1 is 1.50 bits per heavy atom. The number of carbonyl (C=O) groups is 1. The van der Waals surface area contributed by atoms with Crippen LogP contribution >= 0.6 is 0 Å². The fourth-order valence-electron chi connectivity index (χ4n) is 2.66. The third-order valence-corrected chi connectivity index (χ3v) is 3.70. The van der Waals surface area contributed by atoms with Crippen molar-refractivity contribution in [2.45, 2.75) is 45.1 Å². The number of anilines is 1. The topological polar surface area (TPSA) is 75.1 Å². The van der Waals surface area contributed by atoms with Crippen molar-refractivity contribution in [2.75, 3.05) is 5.32 Å². The van der Waals surface area contributed by atoms with Crippen LogP contribution in [0.1, 0.15) is 49.4 Å². The third-order valence-electron chi connectivity index (χ3n) is 3.70. The fraction of sp³-hybridized carbons (Fsp3) is 0.615. The van der Waals surface area contributed by atoms with Crippen molar-refractivity contribution in [3.05, 3.63) is 18.1 Å². The molecule has 1 aliphatic carbocycles. The zero-order valence-corrected chi connectivity index (χ0v) is 10.6. The largest absolute Gasteiger partial charge is 0.477 e. The van der Waals surface area contributed by atoms with Crippen LogP contribution in [-0.4, -0.2) is 27.1 Å². The van der Waals surface area contributed by atoms with Gasteiger partial charge in [0, 0.05) is 12.2 Å². The molecule has 5 heteroatoms. The average Bonchev–Trinajstić information content (AvgIpc) is 2.40. The van der Waals surface area contributed by atoms with E-state index in [1.807, 2.05) is 0 Å². The smallest absolute Gasteiger partial charge is 0.341 e. The van der Waals surface area contributed by atoms with Gasteiger partial charge in [0.15, 0.2) is 0 Å². The zero-order chi connectivity index (χ0) is 13.0. The van der Waals surface area contributed by atoms with Gasteiger partial charge in [-0.3, -0.25) is 0 Å². The summed E-state index contributed by atoms with van der Waals surface area (Å²) in [5.41, 5.74) is 0.151. The first-order valence-corrected chi connectivity index (χ1v) is 6.52. The quantitative estimate of drug-likeness (QED) is 0.857. The second kappa shape index (κ2) is 5.80. The standard InChI is InChI=1S/C13H19N3O2/c1-2-9-5-3-4-6-11(9)16-12-10(13(17)18)7-14-8-15-12/h7-9,11H,2-6H2,1H3,(H,17,18)(H,14,15,16). The summed E-state index contributed by atoms with van der Waals surface area (Å²) in [6.07, 6.45) is 8.61. The molecule has 98 valence electrons. The minimum Gasteiger partial charge on any atom is -0.477 e. The highest BCUT2D eigenvalue weighted by Gasteiger charge is 2.25. The van der Waals surface area contributed by atoms with Crippen molar-refractivity contribution in [3.8, 4) is 0 Å². The lowest BCUT2D eigenvalue weighted by atomic mass is 9.83. The molecule has 0 amide bonds. The van der Waals surface area contributed by atoms with Gasteiger partial charge in [0.1, 0.15) is 17.7 Å². The second-order valence-electron chi connectivity index (χ2n) is 4.79. The number of nitrogens with one attached hydrogen (secondary N) is 1. The molecule has 5 nitrogen and oxygen atoms in total. The monoisotopic (exact) mass is 249 g/mol. The summed E-state index contributed by atoms with van der Waals surface area (Å²) >= 11 is 0. The maximum atomic E-state index is 11.1. The maximum Gasteiger partial charge on any atom is 0.341 e. The van der Waals surface area contributed by atoms with E-state index in [0.29, 0.717) is 17.8 Å². The number of rotatable bonds is 4. The van der Waals surface area contributed by atoms with Crippen molar-refractivity contribution in [2.24, 2.45) is 5.92 Å². The molecule has 2 N–H and O–H groups in total. The van der Waals surface area contributed by atoms with Gasteiger partial charge < -0.3 is 10.4 Å². The molecular weight excluding hydrogens is 230 g/mol. The molecule has 1 heterocycles. The Hall–Kier alpha value is -1.65. The SMILES string of the molecule is CCC1CCCCC1Nc1ncncc1C(=O)O. The number of aromatic nitrogens is 2. The van der Waals surface area contributed by atoms with Gasteiger partial charge >= 0.3 is 5.97 Å². The molecule has 2 unspecified atom stereocenters. The Morgan fingerprint density at radius 3 is 3.00 bits per heavy atom. The van der Waals surface area contributed by atoms with Crippen LogP contribution in [0.25, 0.3) is 0 Å². The van der Waals surface area contributed by atoms with Crippen LogP contribution in [0.2, 0.25) is 0 Å². The lowest BCUT2D eigenvalue weighted by Crippen LogP contribution is -2.32. The van der Waals surface area contributed by atoms with Crippen molar-refractivity contribution in [1.29, 1.82) is 0 Å². The van der Waals surface area contributed by atoms with Crippen LogP contribution in [-0.2, 0) is 0 Å². The Kier molecular flexibility index (Phi) is 4.12. The molecule has 1 aromatic rings. The highest BCUT2D eigenvalue weighted by atomic mass is 16.4. The van der Waals surface area contributed by atoms with Crippen LogP contribution in [0.4, 0.5) is 5.82 Å². The Balaban J connectivity index is 2.15. The summed E-state index contributed by atoms with van der Waals surface area (Å²) in [6, 6.07) is 0.330. The predicted molar refractivity (Wildman–Crippen MR) is 68.7 cm³/mol. The third kappa shape index (κ3) is 2.78. The van der Waals surface area contributed by atoms with E-state index >= 15 is 0 Å². The van der Waals surface area contributed by atoms with E-state index in [2.05, 4.69) is 22.2 Å². The van der Waals surface area contributed by atoms with E-state index in [1.54, 1.807) is 0 Å². The number of hydrogen-bond acceptors (Lipinski definition) is 4. The molecule has 0 aliphatic heterocycles. The van der Waals surface area contributed by atoms with Gasteiger partial charge in [-0.1, -0.05) is 26.2 Å². The first-order chi connectivity index (χ1) is 8.72. The minimum absolute atomic E-state index is 0.151. The predicted octanol–water partition coefficient (Wildman–Crippen LogP) is 2.56. The van der Waals surface area contributed by atoms with Gasteiger partial charge in [-0.15, -0.1) is 0 Å². The zero-order valence-electron chi connectivity index (χ0n) is 10.6. The van der Waals surface area contributed by atoms with Crippen LogP contribution in [0, 0.1) is 5.92 Å². The lowest BCUT2D eigenvalue weighted by molar-refractivity contribution is 0.0697. The van der Waals surface area contributed by atoms with E-state index in [0.717, 1.165) is 12.8 Å².